The number of rotatable bonds is 5. The SMILES string of the molecule is CCn1cnnc1CNS(=O)(=O)N(C)C. The first-order chi connectivity index (χ1) is 6.97. The van der Waals surface area contributed by atoms with E-state index < -0.39 is 10.2 Å². The first-order valence-electron chi connectivity index (χ1n) is 4.51. The first-order valence-corrected chi connectivity index (χ1v) is 5.95. The Morgan fingerprint density at radius 1 is 1.53 bits per heavy atom. The lowest BCUT2D eigenvalue weighted by Crippen LogP contribution is -2.35. The minimum absolute atomic E-state index is 0.147. The van der Waals surface area contributed by atoms with Gasteiger partial charge in [-0.1, -0.05) is 0 Å². The Morgan fingerprint density at radius 3 is 2.73 bits per heavy atom. The van der Waals surface area contributed by atoms with Crippen LogP contribution in [0, 0.1) is 0 Å². The number of hydrogen-bond donors (Lipinski definition) is 1. The van der Waals surface area contributed by atoms with Gasteiger partial charge in [-0.05, 0) is 6.92 Å². The molecule has 0 bridgehead atoms. The van der Waals surface area contributed by atoms with Crippen LogP contribution in [0.1, 0.15) is 12.7 Å². The molecule has 7 nitrogen and oxygen atoms in total. The minimum atomic E-state index is -3.40. The van der Waals surface area contributed by atoms with Crippen LogP contribution in [0.25, 0.3) is 0 Å². The average molecular weight is 233 g/mol. The van der Waals surface area contributed by atoms with Gasteiger partial charge < -0.3 is 4.57 Å². The molecule has 0 aliphatic heterocycles. The lowest BCUT2D eigenvalue weighted by atomic mass is 10.6. The van der Waals surface area contributed by atoms with Crippen LogP contribution in [-0.2, 0) is 23.3 Å². The Bertz CT molecular complexity index is 411. The lowest BCUT2D eigenvalue weighted by molar-refractivity contribution is 0.502. The normalized spacial score (nSPS) is 12.3. The van der Waals surface area contributed by atoms with Crippen LogP contribution in [0.2, 0.25) is 0 Å². The summed E-state index contributed by atoms with van der Waals surface area (Å²) >= 11 is 0. The third-order valence-corrected chi connectivity index (χ3v) is 3.40. The number of nitrogens with one attached hydrogen (secondary N) is 1. The number of nitrogens with zero attached hydrogens (tertiary/aromatic N) is 4. The fraction of sp³-hybridized carbons (Fsp3) is 0.714. The molecule has 1 heterocycles. The first kappa shape index (κ1) is 12.1. The summed E-state index contributed by atoms with van der Waals surface area (Å²) in [5.41, 5.74) is 0. The molecular weight excluding hydrogens is 218 g/mol. The summed E-state index contributed by atoms with van der Waals surface area (Å²) in [6, 6.07) is 0. The third kappa shape index (κ3) is 2.98. The highest BCUT2D eigenvalue weighted by atomic mass is 32.2. The lowest BCUT2D eigenvalue weighted by Gasteiger charge is -2.11. The van der Waals surface area contributed by atoms with Crippen molar-refractivity contribution in [3.05, 3.63) is 12.2 Å². The second-order valence-electron chi connectivity index (χ2n) is 3.14. The summed E-state index contributed by atoms with van der Waals surface area (Å²) in [5.74, 6) is 0.600. The molecular formula is C7H15N5O2S. The topological polar surface area (TPSA) is 80.1 Å². The van der Waals surface area contributed by atoms with Crippen molar-refractivity contribution in [2.75, 3.05) is 14.1 Å². The zero-order valence-corrected chi connectivity index (χ0v) is 9.82. The van der Waals surface area contributed by atoms with Crippen LogP contribution >= 0.6 is 0 Å². The molecule has 1 N–H and O–H groups in total. The zero-order valence-electron chi connectivity index (χ0n) is 9.01. The number of hydrogen-bond acceptors (Lipinski definition) is 4. The Balaban J connectivity index is 2.66. The van der Waals surface area contributed by atoms with Gasteiger partial charge in [0.25, 0.3) is 10.2 Å². The second-order valence-corrected chi connectivity index (χ2v) is 5.11. The van der Waals surface area contributed by atoms with E-state index in [1.165, 1.54) is 14.1 Å². The van der Waals surface area contributed by atoms with E-state index in [1.807, 2.05) is 6.92 Å². The van der Waals surface area contributed by atoms with Crippen molar-refractivity contribution in [2.45, 2.75) is 20.0 Å². The molecule has 0 spiro atoms. The van der Waals surface area contributed by atoms with Crippen LogP contribution in [0.15, 0.2) is 6.33 Å². The third-order valence-electron chi connectivity index (χ3n) is 1.93. The summed E-state index contributed by atoms with van der Waals surface area (Å²) < 4.78 is 28.1. The monoisotopic (exact) mass is 233 g/mol. The summed E-state index contributed by atoms with van der Waals surface area (Å²) in [4.78, 5) is 0. The van der Waals surface area contributed by atoms with Crippen molar-refractivity contribution in [3.8, 4) is 0 Å². The molecule has 0 saturated heterocycles. The molecule has 1 rings (SSSR count). The van der Waals surface area contributed by atoms with E-state index in [4.69, 9.17) is 0 Å². The standard InChI is InChI=1S/C7H15N5O2S/c1-4-12-6-8-10-7(12)5-9-15(13,14)11(2)3/h6,9H,4-5H2,1-3H3. The van der Waals surface area contributed by atoms with E-state index in [9.17, 15) is 8.42 Å². The van der Waals surface area contributed by atoms with E-state index in [0.29, 0.717) is 12.4 Å². The van der Waals surface area contributed by atoms with Gasteiger partial charge in [-0.3, -0.25) is 0 Å². The van der Waals surface area contributed by atoms with E-state index in [2.05, 4.69) is 14.9 Å². The molecule has 15 heavy (non-hydrogen) atoms. The van der Waals surface area contributed by atoms with Gasteiger partial charge in [0.05, 0.1) is 6.54 Å². The van der Waals surface area contributed by atoms with Crippen LogP contribution in [-0.4, -0.2) is 41.6 Å². The van der Waals surface area contributed by atoms with Gasteiger partial charge in [0, 0.05) is 20.6 Å². The molecule has 8 heteroatoms. The van der Waals surface area contributed by atoms with Gasteiger partial charge >= 0.3 is 0 Å². The molecule has 0 radical (unpaired) electrons. The molecule has 0 aliphatic rings. The maximum atomic E-state index is 11.4. The summed E-state index contributed by atoms with van der Waals surface area (Å²) in [7, 11) is -0.467. The molecule has 0 amide bonds. The van der Waals surface area contributed by atoms with Gasteiger partial charge in [-0.25, -0.2) is 0 Å². The zero-order chi connectivity index (χ0) is 11.5. The summed E-state index contributed by atoms with van der Waals surface area (Å²) in [6.45, 7) is 2.80. The Kier molecular flexibility index (Phi) is 3.77. The van der Waals surface area contributed by atoms with Gasteiger partial charge in [-0.2, -0.15) is 17.4 Å². The highest BCUT2D eigenvalue weighted by molar-refractivity contribution is 7.87. The smallest absolute Gasteiger partial charge is 0.279 e. The maximum Gasteiger partial charge on any atom is 0.279 e. The van der Waals surface area contributed by atoms with E-state index >= 15 is 0 Å². The molecule has 1 aromatic heterocycles. The van der Waals surface area contributed by atoms with E-state index in [-0.39, 0.29) is 6.54 Å². The predicted octanol–water partition coefficient (Wildman–Crippen LogP) is -0.806. The fourth-order valence-electron chi connectivity index (χ4n) is 0.965. The molecule has 0 aliphatic carbocycles. The van der Waals surface area contributed by atoms with Crippen LogP contribution in [0.4, 0.5) is 0 Å². The molecule has 86 valence electrons. The van der Waals surface area contributed by atoms with Gasteiger partial charge in [0.15, 0.2) is 0 Å². The minimum Gasteiger partial charge on any atom is -0.317 e. The van der Waals surface area contributed by atoms with Gasteiger partial charge in [0.2, 0.25) is 0 Å². The van der Waals surface area contributed by atoms with Crippen molar-refractivity contribution >= 4 is 10.2 Å². The fourth-order valence-corrected chi connectivity index (χ4v) is 1.53. The molecule has 1 aromatic rings. The van der Waals surface area contributed by atoms with E-state index in [1.54, 1.807) is 10.9 Å². The van der Waals surface area contributed by atoms with Gasteiger partial charge in [-0.15, -0.1) is 10.2 Å². The Labute approximate surface area is 89.3 Å². The number of aryl methyl sites for hydroxylation is 1. The van der Waals surface area contributed by atoms with Crippen molar-refractivity contribution in [3.63, 3.8) is 0 Å². The largest absolute Gasteiger partial charge is 0.317 e. The average Bonchev–Trinajstić information content (AvgIpc) is 2.61. The van der Waals surface area contributed by atoms with Crippen molar-refractivity contribution in [1.82, 2.24) is 23.8 Å². The highest BCUT2D eigenvalue weighted by Crippen LogP contribution is 1.96. The quantitative estimate of drug-likeness (QED) is 0.721. The van der Waals surface area contributed by atoms with Crippen molar-refractivity contribution in [2.24, 2.45) is 0 Å². The summed E-state index contributed by atoms with van der Waals surface area (Å²) in [6.07, 6.45) is 1.57. The second kappa shape index (κ2) is 4.69. The molecule has 0 atom stereocenters. The maximum absolute atomic E-state index is 11.4. The van der Waals surface area contributed by atoms with Crippen molar-refractivity contribution in [1.29, 1.82) is 0 Å². The summed E-state index contributed by atoms with van der Waals surface area (Å²) in [5, 5.41) is 7.52. The van der Waals surface area contributed by atoms with Crippen LogP contribution in [0.5, 0.6) is 0 Å². The molecule has 0 fully saturated rings. The highest BCUT2D eigenvalue weighted by Gasteiger charge is 2.13. The van der Waals surface area contributed by atoms with Crippen LogP contribution in [0.3, 0.4) is 0 Å². The molecule has 0 saturated carbocycles. The number of aromatic nitrogens is 3. The molecule has 0 aromatic carbocycles. The van der Waals surface area contributed by atoms with Crippen LogP contribution < -0.4 is 4.72 Å². The molecule has 0 unspecified atom stereocenters. The predicted molar refractivity (Wildman–Crippen MR) is 55.1 cm³/mol. The Morgan fingerprint density at radius 2 is 2.20 bits per heavy atom. The van der Waals surface area contributed by atoms with E-state index in [0.717, 1.165) is 4.31 Å². The van der Waals surface area contributed by atoms with Gasteiger partial charge in [0.1, 0.15) is 12.2 Å². The Hall–Kier alpha value is -0.990. The van der Waals surface area contributed by atoms with Crippen molar-refractivity contribution < 1.29 is 8.42 Å².